The molecule has 0 atom stereocenters. The molecule has 0 aromatic carbocycles. The van der Waals surface area contributed by atoms with Gasteiger partial charge in [-0.25, -0.2) is 4.98 Å². The summed E-state index contributed by atoms with van der Waals surface area (Å²) in [5, 5.41) is 1.04. The van der Waals surface area contributed by atoms with Gasteiger partial charge in [0.05, 0.1) is 0 Å². The largest absolute Gasteiger partial charge is 0.274 e. The van der Waals surface area contributed by atoms with Crippen LogP contribution < -0.4 is 0 Å². The van der Waals surface area contributed by atoms with Crippen LogP contribution in [0.3, 0.4) is 0 Å². The van der Waals surface area contributed by atoms with E-state index in [-0.39, 0.29) is 5.91 Å². The fourth-order valence-electron chi connectivity index (χ4n) is 1.43. The predicted octanol–water partition coefficient (Wildman–Crippen LogP) is 2.00. The van der Waals surface area contributed by atoms with Crippen molar-refractivity contribution in [1.82, 2.24) is 9.55 Å². The summed E-state index contributed by atoms with van der Waals surface area (Å²) < 4.78 is 1.56. The number of hydrogen-bond acceptors (Lipinski definition) is 2. The van der Waals surface area contributed by atoms with Crippen molar-refractivity contribution in [3.05, 3.63) is 30.1 Å². The van der Waals surface area contributed by atoms with Gasteiger partial charge in [-0.05, 0) is 24.6 Å². The van der Waals surface area contributed by atoms with Crippen LogP contribution in [0.2, 0.25) is 0 Å². The Morgan fingerprint density at radius 1 is 1.46 bits per heavy atom. The Morgan fingerprint density at radius 2 is 2.23 bits per heavy atom. The molecule has 66 valence electrons. The Bertz CT molecular complexity index is 471. The van der Waals surface area contributed by atoms with Crippen molar-refractivity contribution >= 4 is 16.9 Å². The molecule has 0 saturated heterocycles. The topological polar surface area (TPSA) is 34.9 Å². The average molecular weight is 174 g/mol. The molecule has 3 heteroatoms. The van der Waals surface area contributed by atoms with Crippen LogP contribution in [-0.4, -0.2) is 15.5 Å². The number of hydrogen-bond donors (Lipinski definition) is 0. The van der Waals surface area contributed by atoms with Gasteiger partial charge in [0.2, 0.25) is 5.91 Å². The molecule has 13 heavy (non-hydrogen) atoms. The molecule has 0 bridgehead atoms. The molecule has 0 N–H and O–H groups in total. The van der Waals surface area contributed by atoms with Crippen molar-refractivity contribution in [2.75, 3.05) is 0 Å². The zero-order valence-electron chi connectivity index (χ0n) is 7.61. The summed E-state index contributed by atoms with van der Waals surface area (Å²) in [5.41, 5.74) is 1.89. The summed E-state index contributed by atoms with van der Waals surface area (Å²) in [4.78, 5) is 15.3. The standard InChI is InChI=1S/C10H10N2O/c1-7-3-5-11-10-9(7)4-6-12(10)8(2)13/h3-6H,1-2H3. The summed E-state index contributed by atoms with van der Waals surface area (Å²) in [6, 6.07) is 3.85. The van der Waals surface area contributed by atoms with E-state index in [4.69, 9.17) is 0 Å². The minimum absolute atomic E-state index is 0.00639. The number of nitrogens with zero attached hydrogens (tertiary/aromatic N) is 2. The van der Waals surface area contributed by atoms with E-state index in [9.17, 15) is 4.79 Å². The molecule has 2 aromatic heterocycles. The van der Waals surface area contributed by atoms with Crippen molar-refractivity contribution in [2.24, 2.45) is 0 Å². The van der Waals surface area contributed by atoms with Crippen molar-refractivity contribution in [2.45, 2.75) is 13.8 Å². The highest BCUT2D eigenvalue weighted by Crippen LogP contribution is 2.16. The third kappa shape index (κ3) is 1.13. The molecule has 0 spiro atoms. The first-order chi connectivity index (χ1) is 6.20. The summed E-state index contributed by atoms with van der Waals surface area (Å²) in [7, 11) is 0. The number of aryl methyl sites for hydroxylation is 1. The van der Waals surface area contributed by atoms with E-state index in [1.807, 2.05) is 19.1 Å². The third-order valence-electron chi connectivity index (χ3n) is 2.14. The molecular formula is C10H10N2O. The van der Waals surface area contributed by atoms with Gasteiger partial charge in [0.25, 0.3) is 0 Å². The van der Waals surface area contributed by atoms with Gasteiger partial charge < -0.3 is 0 Å². The number of fused-ring (bicyclic) bond motifs is 1. The molecule has 3 nitrogen and oxygen atoms in total. The van der Waals surface area contributed by atoms with Crippen molar-refractivity contribution < 1.29 is 4.79 Å². The second kappa shape index (κ2) is 2.69. The number of aromatic nitrogens is 2. The minimum atomic E-state index is -0.00639. The Balaban J connectivity index is 2.83. The first-order valence-corrected chi connectivity index (χ1v) is 4.14. The molecule has 0 saturated carbocycles. The van der Waals surface area contributed by atoms with Crippen molar-refractivity contribution in [3.63, 3.8) is 0 Å². The van der Waals surface area contributed by atoms with Gasteiger partial charge >= 0.3 is 0 Å². The normalized spacial score (nSPS) is 10.6. The van der Waals surface area contributed by atoms with Crippen LogP contribution in [0.15, 0.2) is 24.5 Å². The monoisotopic (exact) mass is 174 g/mol. The average Bonchev–Trinajstić information content (AvgIpc) is 2.48. The predicted molar refractivity (Wildman–Crippen MR) is 50.8 cm³/mol. The first kappa shape index (κ1) is 7.98. The van der Waals surface area contributed by atoms with Gasteiger partial charge in [-0.1, -0.05) is 0 Å². The minimum Gasteiger partial charge on any atom is -0.274 e. The maximum Gasteiger partial charge on any atom is 0.229 e. The summed E-state index contributed by atoms with van der Waals surface area (Å²) in [6.07, 6.45) is 3.48. The summed E-state index contributed by atoms with van der Waals surface area (Å²) >= 11 is 0. The summed E-state index contributed by atoms with van der Waals surface area (Å²) in [6.45, 7) is 3.54. The Kier molecular flexibility index (Phi) is 1.65. The smallest absolute Gasteiger partial charge is 0.229 e. The van der Waals surface area contributed by atoms with Crippen LogP contribution in [0.4, 0.5) is 0 Å². The van der Waals surface area contributed by atoms with Crippen LogP contribution in [-0.2, 0) is 0 Å². The van der Waals surface area contributed by atoms with Gasteiger partial charge in [-0.15, -0.1) is 0 Å². The third-order valence-corrected chi connectivity index (χ3v) is 2.14. The zero-order valence-corrected chi connectivity index (χ0v) is 7.61. The van der Waals surface area contributed by atoms with Crippen molar-refractivity contribution in [1.29, 1.82) is 0 Å². The number of rotatable bonds is 0. The molecule has 0 aliphatic heterocycles. The van der Waals surface area contributed by atoms with Crippen LogP contribution >= 0.6 is 0 Å². The van der Waals surface area contributed by atoms with Crippen LogP contribution in [0.1, 0.15) is 17.3 Å². The molecule has 2 rings (SSSR count). The quantitative estimate of drug-likeness (QED) is 0.612. The first-order valence-electron chi connectivity index (χ1n) is 4.14. The molecule has 0 aliphatic rings. The fourth-order valence-corrected chi connectivity index (χ4v) is 1.43. The van der Waals surface area contributed by atoms with E-state index in [1.54, 1.807) is 17.0 Å². The Morgan fingerprint density at radius 3 is 2.92 bits per heavy atom. The maximum absolute atomic E-state index is 11.2. The van der Waals surface area contributed by atoms with Crippen molar-refractivity contribution in [3.8, 4) is 0 Å². The Hall–Kier alpha value is -1.64. The van der Waals surface area contributed by atoms with Gasteiger partial charge in [0, 0.05) is 24.7 Å². The lowest BCUT2D eigenvalue weighted by atomic mass is 10.2. The molecule has 2 heterocycles. The summed E-state index contributed by atoms with van der Waals surface area (Å²) in [5.74, 6) is -0.00639. The Labute approximate surface area is 76.0 Å². The second-order valence-electron chi connectivity index (χ2n) is 3.07. The molecule has 0 radical (unpaired) electrons. The van der Waals surface area contributed by atoms with Gasteiger partial charge in [0.1, 0.15) is 5.65 Å². The number of pyridine rings is 1. The lowest BCUT2D eigenvalue weighted by Crippen LogP contribution is -2.04. The fraction of sp³-hybridized carbons (Fsp3) is 0.200. The molecule has 0 amide bonds. The SMILES string of the molecule is CC(=O)n1ccc2c(C)ccnc21. The highest BCUT2D eigenvalue weighted by atomic mass is 16.1. The van der Waals surface area contributed by atoms with E-state index in [1.165, 1.54) is 6.92 Å². The molecule has 0 aliphatic carbocycles. The van der Waals surface area contributed by atoms with Gasteiger partial charge in [-0.3, -0.25) is 9.36 Å². The molecule has 0 unspecified atom stereocenters. The van der Waals surface area contributed by atoms with E-state index < -0.39 is 0 Å². The van der Waals surface area contributed by atoms with E-state index >= 15 is 0 Å². The number of carbonyl (C=O) groups is 1. The molecule has 2 aromatic rings. The van der Waals surface area contributed by atoms with Crippen LogP contribution in [0.25, 0.3) is 11.0 Å². The number of carbonyl (C=O) groups excluding carboxylic acids is 1. The molecular weight excluding hydrogens is 164 g/mol. The highest BCUT2D eigenvalue weighted by molar-refractivity contribution is 5.90. The molecule has 0 fully saturated rings. The van der Waals surface area contributed by atoms with E-state index in [0.717, 1.165) is 16.6 Å². The maximum atomic E-state index is 11.2. The van der Waals surface area contributed by atoms with Gasteiger partial charge in [-0.2, -0.15) is 0 Å². The zero-order chi connectivity index (χ0) is 9.42. The van der Waals surface area contributed by atoms with Crippen LogP contribution in [0.5, 0.6) is 0 Å². The highest BCUT2D eigenvalue weighted by Gasteiger charge is 2.06. The lowest BCUT2D eigenvalue weighted by Gasteiger charge is -1.98. The second-order valence-corrected chi connectivity index (χ2v) is 3.07. The van der Waals surface area contributed by atoms with Gasteiger partial charge in [0.15, 0.2) is 0 Å². The van der Waals surface area contributed by atoms with E-state index in [0.29, 0.717) is 0 Å². The van der Waals surface area contributed by atoms with Crippen LogP contribution in [0, 0.1) is 6.92 Å². The van der Waals surface area contributed by atoms with E-state index in [2.05, 4.69) is 4.98 Å². The lowest BCUT2D eigenvalue weighted by molar-refractivity contribution is 0.0941.